The molecule has 0 fully saturated rings. The number of hydrogen-bond acceptors (Lipinski definition) is 4. The topological polar surface area (TPSA) is 64.2 Å². The molecule has 0 unspecified atom stereocenters. The summed E-state index contributed by atoms with van der Waals surface area (Å²) in [6, 6.07) is 8.83. The smallest absolute Gasteiger partial charge is 0.231 e. The van der Waals surface area contributed by atoms with Gasteiger partial charge < -0.3 is 9.47 Å². The highest BCUT2D eigenvalue weighted by atomic mass is 19.1. The Morgan fingerprint density at radius 2 is 1.86 bits per heavy atom. The first-order chi connectivity index (χ1) is 10.2. The van der Waals surface area contributed by atoms with Crippen LogP contribution in [0.2, 0.25) is 0 Å². The molecule has 1 aromatic heterocycles. The van der Waals surface area contributed by atoms with Gasteiger partial charge in [0.1, 0.15) is 11.5 Å². The molecular weight excluding hydrogens is 275 g/mol. The molecule has 0 bridgehead atoms. The number of ketones is 1. The average molecular weight is 284 g/mol. The summed E-state index contributed by atoms with van der Waals surface area (Å²) in [6.07, 6.45) is 0. The number of carbonyl (C=O) groups is 1. The van der Waals surface area contributed by atoms with Crippen LogP contribution in [0.5, 0.6) is 11.5 Å². The number of rotatable bonds is 2. The van der Waals surface area contributed by atoms with Crippen molar-refractivity contribution in [2.45, 2.75) is 0 Å². The maximum atomic E-state index is 12.9. The number of H-pyrrole nitrogens is 1. The summed E-state index contributed by atoms with van der Waals surface area (Å²) in [6.45, 7) is 0.163. The molecule has 1 aliphatic heterocycles. The SMILES string of the molecule is O=C(c1ccc(F)cc1)c1n[nH]c2cc3c(cc12)OCO3. The quantitative estimate of drug-likeness (QED) is 0.735. The lowest BCUT2D eigenvalue weighted by atomic mass is 10.0. The molecule has 1 N–H and O–H groups in total. The predicted octanol–water partition coefficient (Wildman–Crippen LogP) is 2.66. The van der Waals surface area contributed by atoms with Gasteiger partial charge in [0.2, 0.25) is 12.6 Å². The van der Waals surface area contributed by atoms with Crippen LogP contribution in [0.15, 0.2) is 36.4 Å². The zero-order valence-corrected chi connectivity index (χ0v) is 10.7. The Bertz CT molecular complexity index is 855. The highest BCUT2D eigenvalue weighted by molar-refractivity contribution is 6.15. The van der Waals surface area contributed by atoms with Gasteiger partial charge in [0.15, 0.2) is 11.5 Å². The van der Waals surface area contributed by atoms with Crippen LogP contribution in [0.3, 0.4) is 0 Å². The van der Waals surface area contributed by atoms with E-state index < -0.39 is 0 Å². The number of halogens is 1. The van der Waals surface area contributed by atoms with E-state index in [0.29, 0.717) is 28.0 Å². The van der Waals surface area contributed by atoms with Crippen molar-refractivity contribution in [3.8, 4) is 11.5 Å². The highest BCUT2D eigenvalue weighted by Gasteiger charge is 2.21. The fourth-order valence-corrected chi connectivity index (χ4v) is 2.32. The lowest BCUT2D eigenvalue weighted by molar-refractivity contribution is 0.103. The van der Waals surface area contributed by atoms with Gasteiger partial charge in [-0.05, 0) is 30.3 Å². The Balaban J connectivity index is 1.83. The summed E-state index contributed by atoms with van der Waals surface area (Å²) < 4.78 is 23.5. The van der Waals surface area contributed by atoms with Crippen LogP contribution in [0.4, 0.5) is 4.39 Å². The van der Waals surface area contributed by atoms with Crippen LogP contribution < -0.4 is 9.47 Å². The van der Waals surface area contributed by atoms with Crippen molar-refractivity contribution in [3.05, 3.63) is 53.5 Å². The molecule has 2 heterocycles. The van der Waals surface area contributed by atoms with E-state index in [1.165, 1.54) is 24.3 Å². The Kier molecular flexibility index (Phi) is 2.44. The molecule has 5 nitrogen and oxygen atoms in total. The van der Waals surface area contributed by atoms with E-state index in [4.69, 9.17) is 9.47 Å². The van der Waals surface area contributed by atoms with Crippen molar-refractivity contribution in [2.75, 3.05) is 6.79 Å². The van der Waals surface area contributed by atoms with Crippen LogP contribution in [-0.2, 0) is 0 Å². The third-order valence-electron chi connectivity index (χ3n) is 3.38. The second kappa shape index (κ2) is 4.31. The Morgan fingerprint density at radius 1 is 1.14 bits per heavy atom. The van der Waals surface area contributed by atoms with E-state index in [2.05, 4.69) is 10.2 Å². The standard InChI is InChI=1S/C15H9FN2O3/c16-9-3-1-8(2-4-9)15(19)14-10-5-12-13(21-7-20-12)6-11(10)17-18-14/h1-6H,7H2,(H,17,18). The van der Waals surface area contributed by atoms with E-state index in [-0.39, 0.29) is 24.1 Å². The lowest BCUT2D eigenvalue weighted by Crippen LogP contribution is -2.02. The maximum absolute atomic E-state index is 12.9. The zero-order chi connectivity index (χ0) is 14.4. The Morgan fingerprint density at radius 3 is 2.62 bits per heavy atom. The van der Waals surface area contributed by atoms with Gasteiger partial charge in [-0.15, -0.1) is 0 Å². The number of hydrogen-bond donors (Lipinski definition) is 1. The minimum absolute atomic E-state index is 0.163. The zero-order valence-electron chi connectivity index (χ0n) is 10.7. The van der Waals surface area contributed by atoms with Gasteiger partial charge in [-0.2, -0.15) is 5.10 Å². The van der Waals surface area contributed by atoms with Crippen molar-refractivity contribution in [1.29, 1.82) is 0 Å². The molecule has 0 saturated carbocycles. The van der Waals surface area contributed by atoms with Crippen molar-refractivity contribution >= 4 is 16.7 Å². The molecule has 104 valence electrons. The molecular formula is C15H9FN2O3. The number of benzene rings is 2. The maximum Gasteiger partial charge on any atom is 0.231 e. The van der Waals surface area contributed by atoms with Gasteiger partial charge in [0.25, 0.3) is 0 Å². The van der Waals surface area contributed by atoms with Crippen molar-refractivity contribution in [3.63, 3.8) is 0 Å². The lowest BCUT2D eigenvalue weighted by Gasteiger charge is -1.99. The number of nitrogens with zero attached hydrogens (tertiary/aromatic N) is 1. The number of aromatic nitrogens is 2. The molecule has 0 radical (unpaired) electrons. The van der Waals surface area contributed by atoms with E-state index in [9.17, 15) is 9.18 Å². The highest BCUT2D eigenvalue weighted by Crippen LogP contribution is 2.36. The van der Waals surface area contributed by atoms with Crippen LogP contribution in [0, 0.1) is 5.82 Å². The minimum Gasteiger partial charge on any atom is -0.454 e. The summed E-state index contributed by atoms with van der Waals surface area (Å²) in [5.41, 5.74) is 1.34. The molecule has 3 aromatic rings. The first-order valence-corrected chi connectivity index (χ1v) is 6.30. The molecule has 4 rings (SSSR count). The van der Waals surface area contributed by atoms with E-state index in [1.54, 1.807) is 12.1 Å². The second-order valence-electron chi connectivity index (χ2n) is 4.66. The normalized spacial score (nSPS) is 12.8. The largest absolute Gasteiger partial charge is 0.454 e. The monoisotopic (exact) mass is 284 g/mol. The third-order valence-corrected chi connectivity index (χ3v) is 3.38. The molecule has 0 atom stereocenters. The van der Waals surface area contributed by atoms with Crippen molar-refractivity contribution < 1.29 is 18.7 Å². The Hall–Kier alpha value is -2.89. The average Bonchev–Trinajstić information content (AvgIpc) is 3.10. The minimum atomic E-state index is -0.387. The molecule has 0 amide bonds. The van der Waals surface area contributed by atoms with Crippen LogP contribution >= 0.6 is 0 Å². The molecule has 0 aliphatic carbocycles. The molecule has 6 heteroatoms. The van der Waals surface area contributed by atoms with Crippen LogP contribution in [0.1, 0.15) is 16.1 Å². The van der Waals surface area contributed by atoms with Gasteiger partial charge in [-0.3, -0.25) is 9.89 Å². The number of fused-ring (bicyclic) bond motifs is 2. The van der Waals surface area contributed by atoms with E-state index in [1.807, 2.05) is 0 Å². The molecule has 0 spiro atoms. The van der Waals surface area contributed by atoms with Crippen LogP contribution in [0.25, 0.3) is 10.9 Å². The van der Waals surface area contributed by atoms with E-state index >= 15 is 0 Å². The number of carbonyl (C=O) groups excluding carboxylic acids is 1. The molecule has 1 aliphatic rings. The first kappa shape index (κ1) is 11.9. The summed E-state index contributed by atoms with van der Waals surface area (Å²) in [4.78, 5) is 12.5. The fourth-order valence-electron chi connectivity index (χ4n) is 2.32. The number of nitrogens with one attached hydrogen (secondary N) is 1. The van der Waals surface area contributed by atoms with Crippen molar-refractivity contribution in [2.24, 2.45) is 0 Å². The molecule has 2 aromatic carbocycles. The number of ether oxygens (including phenoxy) is 2. The molecule has 21 heavy (non-hydrogen) atoms. The summed E-state index contributed by atoms with van der Waals surface area (Å²) in [5, 5.41) is 7.50. The fraction of sp³-hybridized carbons (Fsp3) is 0.0667. The summed E-state index contributed by atoms with van der Waals surface area (Å²) in [5.74, 6) is 0.533. The first-order valence-electron chi connectivity index (χ1n) is 6.30. The van der Waals surface area contributed by atoms with Gasteiger partial charge in [0, 0.05) is 17.0 Å². The van der Waals surface area contributed by atoms with Gasteiger partial charge in [-0.1, -0.05) is 0 Å². The third kappa shape index (κ3) is 1.84. The Labute approximate surface area is 118 Å². The second-order valence-corrected chi connectivity index (χ2v) is 4.66. The van der Waals surface area contributed by atoms with E-state index in [0.717, 1.165) is 0 Å². The van der Waals surface area contributed by atoms with Crippen LogP contribution in [-0.4, -0.2) is 22.8 Å². The molecule has 0 saturated heterocycles. The summed E-state index contributed by atoms with van der Waals surface area (Å²) >= 11 is 0. The van der Waals surface area contributed by atoms with Crippen molar-refractivity contribution in [1.82, 2.24) is 10.2 Å². The van der Waals surface area contributed by atoms with Gasteiger partial charge in [-0.25, -0.2) is 4.39 Å². The van der Waals surface area contributed by atoms with Gasteiger partial charge >= 0.3 is 0 Å². The number of aromatic amines is 1. The van der Waals surface area contributed by atoms with Gasteiger partial charge in [0.05, 0.1) is 5.52 Å². The predicted molar refractivity (Wildman–Crippen MR) is 72.0 cm³/mol. The summed E-state index contributed by atoms with van der Waals surface area (Å²) in [7, 11) is 0.